The second kappa shape index (κ2) is 64.3. The average molecular weight is 1470 g/mol. The van der Waals surface area contributed by atoms with Gasteiger partial charge in [-0.25, -0.2) is 0 Å². The van der Waals surface area contributed by atoms with Crippen molar-refractivity contribution in [1.29, 1.82) is 0 Å². The molecule has 0 aromatic heterocycles. The maximum Gasteiger partial charge on any atom is 0.220 e. The Kier molecular flexibility index (Phi) is 58.5. The van der Waals surface area contributed by atoms with Gasteiger partial charge in [0.15, 0.2) is 18.9 Å². The quantitative estimate of drug-likeness (QED) is 0.0199. The van der Waals surface area contributed by atoms with Crippen molar-refractivity contribution in [3.63, 3.8) is 0 Å². The summed E-state index contributed by atoms with van der Waals surface area (Å²) in [6.07, 6.45) is 62.4. The van der Waals surface area contributed by atoms with E-state index in [2.05, 4.69) is 116 Å². The first kappa shape index (κ1) is 94.7. The maximum atomic E-state index is 13.5. The van der Waals surface area contributed by atoms with E-state index in [1.807, 2.05) is 6.08 Å². The van der Waals surface area contributed by atoms with Gasteiger partial charge in [0.1, 0.15) is 73.2 Å². The molecule has 3 aliphatic rings. The van der Waals surface area contributed by atoms with Crippen molar-refractivity contribution in [3.8, 4) is 0 Å². The van der Waals surface area contributed by atoms with E-state index in [0.717, 1.165) is 83.5 Å². The maximum absolute atomic E-state index is 13.5. The lowest BCUT2D eigenvalue weighted by Crippen LogP contribution is -2.66. The fraction of sp³-hybridized carbons (Fsp3) is 0.776. The van der Waals surface area contributed by atoms with Gasteiger partial charge in [-0.05, 0) is 96.3 Å². The van der Waals surface area contributed by atoms with Crippen molar-refractivity contribution in [2.75, 3.05) is 26.4 Å². The molecule has 3 heterocycles. The molecular formula is C85H147NO18. The number of aliphatic hydroxyl groups is 11. The third-order valence-corrected chi connectivity index (χ3v) is 19.8. The molecule has 0 aliphatic carbocycles. The summed E-state index contributed by atoms with van der Waals surface area (Å²) in [6, 6.07) is -1.00. The van der Waals surface area contributed by atoms with Crippen molar-refractivity contribution in [2.24, 2.45) is 0 Å². The number of ether oxygens (including phenoxy) is 6. The van der Waals surface area contributed by atoms with Crippen molar-refractivity contribution < 1.29 is 89.4 Å². The van der Waals surface area contributed by atoms with Crippen LogP contribution in [0, 0.1) is 0 Å². The van der Waals surface area contributed by atoms with Crippen LogP contribution in [0.2, 0.25) is 0 Å². The van der Waals surface area contributed by atoms with Crippen LogP contribution in [0.25, 0.3) is 0 Å². The highest BCUT2D eigenvalue weighted by Gasteiger charge is 2.54. The van der Waals surface area contributed by atoms with Gasteiger partial charge in [-0.1, -0.05) is 297 Å². The lowest BCUT2D eigenvalue weighted by molar-refractivity contribution is -0.379. The Hall–Kier alpha value is -3.55. The smallest absolute Gasteiger partial charge is 0.220 e. The van der Waals surface area contributed by atoms with E-state index in [0.29, 0.717) is 12.8 Å². The molecular weight excluding hydrogens is 1320 g/mol. The molecule has 19 heteroatoms. The van der Waals surface area contributed by atoms with Crippen LogP contribution in [0.4, 0.5) is 0 Å². The number of amides is 1. The summed E-state index contributed by atoms with van der Waals surface area (Å²) in [5.41, 5.74) is 0. The lowest BCUT2D eigenvalue weighted by atomic mass is 9.96. The van der Waals surface area contributed by atoms with Crippen LogP contribution < -0.4 is 5.32 Å². The van der Waals surface area contributed by atoms with Crippen LogP contribution in [0.5, 0.6) is 0 Å². The van der Waals surface area contributed by atoms with E-state index in [1.165, 1.54) is 173 Å². The number of aliphatic hydroxyl groups excluding tert-OH is 11. The molecule has 12 N–H and O–H groups in total. The molecule has 104 heavy (non-hydrogen) atoms. The zero-order valence-corrected chi connectivity index (χ0v) is 64.2. The number of hydrogen-bond donors (Lipinski definition) is 12. The number of nitrogens with one attached hydrogen (secondary N) is 1. The minimum atomic E-state index is -1.99. The van der Waals surface area contributed by atoms with Crippen LogP contribution in [-0.4, -0.2) is 193 Å². The van der Waals surface area contributed by atoms with E-state index in [-0.39, 0.29) is 18.9 Å². The Bertz CT molecular complexity index is 2300. The highest BCUT2D eigenvalue weighted by molar-refractivity contribution is 5.76. The van der Waals surface area contributed by atoms with E-state index >= 15 is 0 Å². The summed E-state index contributed by atoms with van der Waals surface area (Å²) in [4.78, 5) is 13.5. The molecule has 1 amide bonds. The van der Waals surface area contributed by atoms with Crippen LogP contribution in [0.1, 0.15) is 290 Å². The monoisotopic (exact) mass is 1470 g/mol. The standard InChI is InChI=1S/C85H147NO18/c1-3-5-7-9-11-13-15-17-19-21-23-24-25-26-27-28-29-30-31-32-33-34-35-36-37-38-39-40-41-42-43-44-45-47-49-51-53-55-57-59-61-63-73(91)86-68(69(90)62-60-58-56-54-52-50-48-46-22-20-18-16-14-12-10-8-6-4-2)67-99-83-79(97)76(94)81(71(65-88)101-83)104-85-80(98)77(95)82(72(66-89)102-85)103-84-78(96)75(93)74(92)70(64-87)100-84/h5,7,11,13,17,19,22-24,26-27,29-30,46,52,54,60,62,68-72,74-85,87-90,92-98H,3-4,6,8-10,12,14-16,18,20-21,25,28,31-45,47-51,53,55-59,61,63-67H2,1-2H3,(H,86,91)/b7-5-,13-11-,19-17-,24-23-,27-26-,30-29-,46-22+,54-52+,62-60+. The fourth-order valence-electron chi connectivity index (χ4n) is 13.2. The molecule has 0 saturated carbocycles. The Balaban J connectivity index is 1.31. The van der Waals surface area contributed by atoms with Gasteiger partial charge in [-0.15, -0.1) is 0 Å². The normalized spacial score (nSPS) is 26.5. The number of carbonyl (C=O) groups is 1. The topological polar surface area (TPSA) is 307 Å². The van der Waals surface area contributed by atoms with Crippen LogP contribution in [0.3, 0.4) is 0 Å². The third-order valence-electron chi connectivity index (χ3n) is 19.8. The van der Waals surface area contributed by atoms with Crippen LogP contribution in [-0.2, 0) is 33.2 Å². The minimum absolute atomic E-state index is 0.230. The van der Waals surface area contributed by atoms with E-state index in [9.17, 15) is 61.0 Å². The third kappa shape index (κ3) is 43.6. The first-order valence-electron chi connectivity index (χ1n) is 41.1. The molecule has 0 aromatic rings. The predicted octanol–water partition coefficient (Wildman–Crippen LogP) is 14.1. The highest BCUT2D eigenvalue weighted by Crippen LogP contribution is 2.33. The summed E-state index contributed by atoms with van der Waals surface area (Å²) >= 11 is 0. The van der Waals surface area contributed by atoms with Gasteiger partial charge in [-0.2, -0.15) is 0 Å². The van der Waals surface area contributed by atoms with Crippen LogP contribution >= 0.6 is 0 Å². The molecule has 0 bridgehead atoms. The van der Waals surface area contributed by atoms with E-state index < -0.39 is 124 Å². The van der Waals surface area contributed by atoms with Crippen molar-refractivity contribution in [1.82, 2.24) is 5.32 Å². The first-order valence-corrected chi connectivity index (χ1v) is 41.1. The predicted molar refractivity (Wildman–Crippen MR) is 415 cm³/mol. The Morgan fingerprint density at radius 1 is 0.356 bits per heavy atom. The molecule has 0 spiro atoms. The van der Waals surface area contributed by atoms with Gasteiger partial charge >= 0.3 is 0 Å². The number of hydrogen-bond acceptors (Lipinski definition) is 18. The molecule has 0 aromatic carbocycles. The molecule has 600 valence electrons. The second-order valence-corrected chi connectivity index (χ2v) is 28.8. The van der Waals surface area contributed by atoms with Gasteiger partial charge in [-0.3, -0.25) is 4.79 Å². The second-order valence-electron chi connectivity index (χ2n) is 28.8. The molecule has 17 unspecified atom stereocenters. The Morgan fingerprint density at radius 3 is 1.08 bits per heavy atom. The van der Waals surface area contributed by atoms with Crippen LogP contribution in [0.15, 0.2) is 109 Å². The van der Waals surface area contributed by atoms with Crippen molar-refractivity contribution in [2.45, 2.75) is 394 Å². The molecule has 3 rings (SSSR count). The van der Waals surface area contributed by atoms with Gasteiger partial charge in [0.2, 0.25) is 5.91 Å². The van der Waals surface area contributed by atoms with Gasteiger partial charge in [0, 0.05) is 6.42 Å². The minimum Gasteiger partial charge on any atom is -0.394 e. The molecule has 0 radical (unpaired) electrons. The summed E-state index contributed by atoms with van der Waals surface area (Å²) < 4.78 is 34.4. The first-order chi connectivity index (χ1) is 50.8. The summed E-state index contributed by atoms with van der Waals surface area (Å²) in [5.74, 6) is -0.288. The van der Waals surface area contributed by atoms with E-state index in [1.54, 1.807) is 6.08 Å². The highest BCUT2D eigenvalue weighted by atomic mass is 16.8. The summed E-state index contributed by atoms with van der Waals surface area (Å²) in [5, 5.41) is 121. The number of carbonyl (C=O) groups excluding carboxylic acids is 1. The SMILES string of the molecule is CC/C=C\C/C=C\C/C=C\C/C=C\C/C=C\C/C=C\CCCCCCCCCCCCCCCCCCCCCCCCC(=O)NC(COC1OC(CO)C(OC2OC(CO)C(OC3OC(CO)C(O)C(O)C3O)C(O)C2O)C(O)C1O)C(O)/C=C/CC/C=C/CC/C=C/CCCCCCCCCC. The Morgan fingerprint density at radius 2 is 0.673 bits per heavy atom. The molecule has 3 fully saturated rings. The van der Waals surface area contributed by atoms with Gasteiger partial charge in [0.25, 0.3) is 0 Å². The largest absolute Gasteiger partial charge is 0.394 e. The number of unbranched alkanes of at least 4 members (excludes halogenated alkanes) is 32. The van der Waals surface area contributed by atoms with Crippen molar-refractivity contribution in [3.05, 3.63) is 109 Å². The molecule has 19 nitrogen and oxygen atoms in total. The molecule has 3 saturated heterocycles. The van der Waals surface area contributed by atoms with E-state index in [4.69, 9.17) is 28.4 Å². The van der Waals surface area contributed by atoms with Crippen molar-refractivity contribution >= 4 is 5.91 Å². The van der Waals surface area contributed by atoms with Gasteiger partial charge in [0.05, 0.1) is 38.6 Å². The Labute approximate surface area is 627 Å². The molecule has 3 aliphatic heterocycles. The molecule has 17 atom stereocenters. The zero-order valence-electron chi connectivity index (χ0n) is 64.2. The fourth-order valence-corrected chi connectivity index (χ4v) is 13.2. The summed E-state index contributed by atoms with van der Waals surface area (Å²) in [6.45, 7) is 1.60. The lowest BCUT2D eigenvalue weighted by Gasteiger charge is -2.48. The zero-order chi connectivity index (χ0) is 75.3. The number of allylic oxidation sites excluding steroid dienone is 17. The number of rotatable bonds is 64. The van der Waals surface area contributed by atoms with Gasteiger partial charge < -0.3 is 89.9 Å². The average Bonchev–Trinajstić information content (AvgIpc) is 0.783. The summed E-state index contributed by atoms with van der Waals surface area (Å²) in [7, 11) is 0.